The van der Waals surface area contributed by atoms with Crippen LogP contribution in [0.4, 0.5) is 20.0 Å². The minimum absolute atomic E-state index is 0.0109. The van der Waals surface area contributed by atoms with Gasteiger partial charge in [0.15, 0.2) is 9.34 Å². The van der Waals surface area contributed by atoms with E-state index in [1.165, 1.54) is 28.3 Å². The normalized spacial score (nSPS) is 17.9. The van der Waals surface area contributed by atoms with Crippen LogP contribution in [0.3, 0.4) is 0 Å². The summed E-state index contributed by atoms with van der Waals surface area (Å²) in [5.41, 5.74) is 1.50. The topological polar surface area (TPSA) is 109 Å². The molecular weight excluding hydrogens is 447 g/mol. The fourth-order valence-electron chi connectivity index (χ4n) is 3.84. The van der Waals surface area contributed by atoms with Gasteiger partial charge in [0, 0.05) is 31.6 Å². The number of carbonyl (C=O) groups excluding carboxylic acids is 2. The lowest BCUT2D eigenvalue weighted by atomic mass is 10.0. The van der Waals surface area contributed by atoms with Gasteiger partial charge >= 0.3 is 6.09 Å². The van der Waals surface area contributed by atoms with Gasteiger partial charge in [0.2, 0.25) is 5.91 Å². The SMILES string of the molecule is CC(=O)Nc1nc(C)c(S(=O)(=O)N2CCC(N3C(=O)OCc4cc(F)ccc43)CC2)s1. The molecule has 31 heavy (non-hydrogen) atoms. The fourth-order valence-corrected chi connectivity index (χ4v) is 6.91. The van der Waals surface area contributed by atoms with Crippen molar-refractivity contribution in [3.05, 3.63) is 35.3 Å². The van der Waals surface area contributed by atoms with Crippen LogP contribution in [-0.2, 0) is 26.2 Å². The molecule has 1 fully saturated rings. The third kappa shape index (κ3) is 4.14. The van der Waals surface area contributed by atoms with Crippen molar-refractivity contribution in [2.45, 2.75) is 43.5 Å². The highest BCUT2D eigenvalue weighted by Crippen LogP contribution is 2.35. The van der Waals surface area contributed by atoms with E-state index in [0.29, 0.717) is 29.8 Å². The summed E-state index contributed by atoms with van der Waals surface area (Å²) >= 11 is 0.917. The van der Waals surface area contributed by atoms with Crippen molar-refractivity contribution in [3.63, 3.8) is 0 Å². The van der Waals surface area contributed by atoms with Gasteiger partial charge in [-0.1, -0.05) is 11.3 Å². The maximum absolute atomic E-state index is 13.5. The van der Waals surface area contributed by atoms with Gasteiger partial charge in [-0.3, -0.25) is 9.69 Å². The van der Waals surface area contributed by atoms with Crippen LogP contribution in [0.1, 0.15) is 31.0 Å². The lowest BCUT2D eigenvalue weighted by molar-refractivity contribution is -0.114. The number of ether oxygens (including phenoxy) is 1. The van der Waals surface area contributed by atoms with Crippen molar-refractivity contribution < 1.29 is 27.1 Å². The molecule has 0 bridgehead atoms. The number of piperidine rings is 1. The van der Waals surface area contributed by atoms with Crippen molar-refractivity contribution in [2.75, 3.05) is 23.3 Å². The molecule has 0 spiro atoms. The molecule has 166 valence electrons. The summed E-state index contributed by atoms with van der Waals surface area (Å²) in [5.74, 6) is -0.733. The van der Waals surface area contributed by atoms with Crippen molar-refractivity contribution in [3.8, 4) is 0 Å². The quantitative estimate of drug-likeness (QED) is 0.739. The first kappa shape index (κ1) is 21.7. The van der Waals surface area contributed by atoms with Gasteiger partial charge in [-0.15, -0.1) is 0 Å². The number of carbonyl (C=O) groups is 2. The van der Waals surface area contributed by atoms with E-state index < -0.39 is 21.9 Å². The number of cyclic esters (lactones) is 1. The van der Waals surface area contributed by atoms with Gasteiger partial charge in [0.05, 0.1) is 11.4 Å². The lowest BCUT2D eigenvalue weighted by Gasteiger charge is -2.39. The molecule has 1 aromatic carbocycles. The van der Waals surface area contributed by atoms with E-state index in [1.807, 2.05) is 0 Å². The van der Waals surface area contributed by atoms with Gasteiger partial charge in [0.1, 0.15) is 12.4 Å². The van der Waals surface area contributed by atoms with Crippen LogP contribution in [0.25, 0.3) is 0 Å². The molecule has 3 heterocycles. The zero-order valence-electron chi connectivity index (χ0n) is 16.9. The number of anilines is 2. The Balaban J connectivity index is 1.51. The fraction of sp³-hybridized carbons (Fsp3) is 0.421. The van der Waals surface area contributed by atoms with Crippen LogP contribution in [-0.4, -0.2) is 48.8 Å². The molecule has 2 aromatic rings. The van der Waals surface area contributed by atoms with E-state index in [-0.39, 0.29) is 41.0 Å². The Kier molecular flexibility index (Phi) is 5.71. The number of nitrogens with zero attached hydrogens (tertiary/aromatic N) is 3. The summed E-state index contributed by atoms with van der Waals surface area (Å²) in [6, 6.07) is 3.93. The molecule has 1 saturated heterocycles. The Morgan fingerprint density at radius 3 is 2.71 bits per heavy atom. The van der Waals surface area contributed by atoms with Crippen molar-refractivity contribution in [1.29, 1.82) is 0 Å². The highest BCUT2D eigenvalue weighted by molar-refractivity contribution is 7.91. The van der Waals surface area contributed by atoms with Crippen LogP contribution < -0.4 is 10.2 Å². The molecule has 0 saturated carbocycles. The molecule has 9 nitrogen and oxygen atoms in total. The minimum atomic E-state index is -3.79. The predicted molar refractivity (Wildman–Crippen MR) is 112 cm³/mol. The molecule has 1 N–H and O–H groups in total. The highest BCUT2D eigenvalue weighted by Gasteiger charge is 2.38. The summed E-state index contributed by atoms with van der Waals surface area (Å²) in [4.78, 5) is 29.3. The minimum Gasteiger partial charge on any atom is -0.444 e. The predicted octanol–water partition coefficient (Wildman–Crippen LogP) is 2.86. The maximum atomic E-state index is 13.5. The smallest absolute Gasteiger partial charge is 0.414 e. The second-order valence-electron chi connectivity index (χ2n) is 7.41. The van der Waals surface area contributed by atoms with Gasteiger partial charge in [-0.05, 0) is 38.0 Å². The third-order valence-electron chi connectivity index (χ3n) is 5.25. The summed E-state index contributed by atoms with van der Waals surface area (Å²) in [6.07, 6.45) is 0.294. The number of rotatable bonds is 4. The molecule has 0 unspecified atom stereocenters. The summed E-state index contributed by atoms with van der Waals surface area (Å²) in [6.45, 7) is 3.34. The number of aryl methyl sites for hydroxylation is 1. The summed E-state index contributed by atoms with van der Waals surface area (Å²) < 4.78 is 46.4. The third-order valence-corrected chi connectivity index (χ3v) is 8.81. The van der Waals surface area contributed by atoms with Crippen LogP contribution in [0.15, 0.2) is 22.4 Å². The molecule has 2 aliphatic rings. The van der Waals surface area contributed by atoms with Crippen LogP contribution in [0.2, 0.25) is 0 Å². The average molecular weight is 469 g/mol. The van der Waals surface area contributed by atoms with Gasteiger partial charge < -0.3 is 10.1 Å². The Bertz CT molecular complexity index is 1140. The van der Waals surface area contributed by atoms with Crippen LogP contribution >= 0.6 is 11.3 Å². The molecule has 0 radical (unpaired) electrons. The Labute approximate surface area is 182 Å². The number of hydrogen-bond acceptors (Lipinski definition) is 7. The van der Waals surface area contributed by atoms with Crippen molar-refractivity contribution >= 4 is 44.2 Å². The van der Waals surface area contributed by atoms with E-state index in [4.69, 9.17) is 4.74 Å². The Morgan fingerprint density at radius 2 is 2.03 bits per heavy atom. The summed E-state index contributed by atoms with van der Waals surface area (Å²) in [7, 11) is -3.79. The second-order valence-corrected chi connectivity index (χ2v) is 10.5. The molecule has 12 heteroatoms. The van der Waals surface area contributed by atoms with Gasteiger partial charge in [0.25, 0.3) is 10.0 Å². The number of benzene rings is 1. The first-order valence-electron chi connectivity index (χ1n) is 9.66. The maximum Gasteiger partial charge on any atom is 0.414 e. The molecule has 2 aliphatic heterocycles. The Hall–Kier alpha value is -2.57. The van der Waals surface area contributed by atoms with Gasteiger partial charge in [-0.25, -0.2) is 22.6 Å². The van der Waals surface area contributed by atoms with Crippen molar-refractivity contribution in [1.82, 2.24) is 9.29 Å². The number of halogens is 1. The van der Waals surface area contributed by atoms with Gasteiger partial charge in [-0.2, -0.15) is 4.31 Å². The number of nitrogens with one attached hydrogen (secondary N) is 1. The van der Waals surface area contributed by atoms with E-state index in [1.54, 1.807) is 13.0 Å². The highest BCUT2D eigenvalue weighted by atomic mass is 32.2. The van der Waals surface area contributed by atoms with E-state index in [0.717, 1.165) is 11.3 Å². The largest absolute Gasteiger partial charge is 0.444 e. The zero-order valence-corrected chi connectivity index (χ0v) is 18.6. The monoisotopic (exact) mass is 468 g/mol. The molecular formula is C19H21FN4O5S2. The van der Waals surface area contributed by atoms with E-state index in [2.05, 4.69) is 10.3 Å². The van der Waals surface area contributed by atoms with E-state index in [9.17, 15) is 22.4 Å². The number of thiazole rings is 1. The first-order valence-corrected chi connectivity index (χ1v) is 11.9. The number of fused-ring (bicyclic) bond motifs is 1. The second kappa shape index (κ2) is 8.17. The first-order chi connectivity index (χ1) is 14.7. The number of sulfonamides is 1. The summed E-state index contributed by atoms with van der Waals surface area (Å²) in [5, 5.41) is 2.74. The standard InChI is InChI=1S/C19H21FN4O5S2/c1-11-17(30-18(21-11)22-12(2)25)31(27,28)23-7-5-15(6-8-23)24-16-4-3-14(20)9-13(16)10-29-19(24)26/h3-4,9,15H,5-8,10H2,1-2H3,(H,21,22,25). The zero-order chi connectivity index (χ0) is 22.3. The number of hydrogen-bond donors (Lipinski definition) is 1. The lowest BCUT2D eigenvalue weighted by Crippen LogP contribution is -2.50. The number of amides is 2. The van der Waals surface area contributed by atoms with Crippen LogP contribution in [0, 0.1) is 12.7 Å². The molecule has 4 rings (SSSR count). The molecule has 0 aliphatic carbocycles. The van der Waals surface area contributed by atoms with Crippen molar-refractivity contribution in [2.24, 2.45) is 0 Å². The van der Waals surface area contributed by atoms with E-state index >= 15 is 0 Å². The molecule has 1 aromatic heterocycles. The molecule has 2 amide bonds. The number of aromatic nitrogens is 1. The van der Waals surface area contributed by atoms with Crippen LogP contribution in [0.5, 0.6) is 0 Å². The average Bonchev–Trinajstić information content (AvgIpc) is 3.08. The Morgan fingerprint density at radius 1 is 1.32 bits per heavy atom. The molecule has 0 atom stereocenters.